The summed E-state index contributed by atoms with van der Waals surface area (Å²) in [6, 6.07) is 0.150. The molecule has 1 amide bonds. The lowest BCUT2D eigenvalue weighted by molar-refractivity contribution is -0.134. The summed E-state index contributed by atoms with van der Waals surface area (Å²) < 4.78 is 83.3. The van der Waals surface area contributed by atoms with Crippen molar-refractivity contribution in [3.63, 3.8) is 0 Å². The van der Waals surface area contributed by atoms with Gasteiger partial charge in [0.1, 0.15) is 0 Å². The number of nitrogens with one attached hydrogen (secondary N) is 3. The lowest BCUT2D eigenvalue weighted by Gasteiger charge is -2.39. The molecule has 3 fully saturated rings. The average molecular weight is 568 g/mol. The molecule has 11 heteroatoms. The summed E-state index contributed by atoms with van der Waals surface area (Å²) in [5.41, 5.74) is -1.98. The lowest BCUT2D eigenvalue weighted by atomic mass is 9.69. The molecule has 0 radical (unpaired) electrons. The number of piperidine rings is 1. The predicted octanol–water partition coefficient (Wildman–Crippen LogP) is 5.99. The second-order valence-corrected chi connectivity index (χ2v) is 10.5. The summed E-state index contributed by atoms with van der Waals surface area (Å²) in [6.45, 7) is 4.55. The SMILES string of the molecule is C1CCOCC1.C\C=C/C(=C\C(=C/CC(F)(F)F)CNC(=O)C1(C2CCNCC2)CCC(NC)C1)C(F)(F)F. The highest BCUT2D eigenvalue weighted by molar-refractivity contribution is 5.83. The van der Waals surface area contributed by atoms with Crippen LogP contribution in [0.4, 0.5) is 26.3 Å². The number of carbonyl (C=O) groups is 1. The quantitative estimate of drug-likeness (QED) is 0.249. The molecule has 224 valence electrons. The topological polar surface area (TPSA) is 62.4 Å². The smallest absolute Gasteiger partial charge is 0.381 e. The van der Waals surface area contributed by atoms with Gasteiger partial charge < -0.3 is 20.7 Å². The van der Waals surface area contributed by atoms with E-state index in [4.69, 9.17) is 4.74 Å². The summed E-state index contributed by atoms with van der Waals surface area (Å²) >= 11 is 0. The fourth-order valence-electron chi connectivity index (χ4n) is 5.54. The highest BCUT2D eigenvalue weighted by atomic mass is 19.4. The summed E-state index contributed by atoms with van der Waals surface area (Å²) in [5, 5.41) is 9.15. The van der Waals surface area contributed by atoms with Crippen molar-refractivity contribution in [1.29, 1.82) is 0 Å². The van der Waals surface area contributed by atoms with E-state index >= 15 is 0 Å². The number of hydrogen-bond donors (Lipinski definition) is 3. The van der Waals surface area contributed by atoms with Gasteiger partial charge in [-0.15, -0.1) is 0 Å². The minimum absolute atomic E-state index is 0.115. The summed E-state index contributed by atoms with van der Waals surface area (Å²) in [7, 11) is 1.82. The first-order chi connectivity index (χ1) is 18.4. The molecule has 1 saturated carbocycles. The maximum Gasteiger partial charge on any atom is 0.416 e. The highest BCUT2D eigenvalue weighted by Gasteiger charge is 2.50. The zero-order valence-corrected chi connectivity index (χ0v) is 22.9. The second kappa shape index (κ2) is 15.8. The van der Waals surface area contributed by atoms with Gasteiger partial charge in [-0.25, -0.2) is 0 Å². The first kappa shape index (κ1) is 33.4. The first-order valence-electron chi connectivity index (χ1n) is 13.8. The molecule has 2 atom stereocenters. The molecular formula is C28H43F6N3O2. The molecule has 2 heterocycles. The standard InChI is InChI=1S/C23H33F6N3O.C5H10O/c1-3-4-18(23(27,28)29)13-16(5-10-22(24,25)26)15-32-20(33)21(9-6-19(14-21)30-2)17-7-11-31-12-8-17;1-2-4-6-5-3-1/h3-5,13,17,19,30-31H,6-12,14-15H2,1-2H3,(H,32,33);1-5H2/b4-3-,16-5+,18-13+;. The van der Waals surface area contributed by atoms with Gasteiger partial charge >= 0.3 is 12.4 Å². The van der Waals surface area contributed by atoms with Crippen molar-refractivity contribution in [3.8, 4) is 0 Å². The number of alkyl halides is 6. The molecule has 39 heavy (non-hydrogen) atoms. The van der Waals surface area contributed by atoms with Gasteiger partial charge in [-0.2, -0.15) is 26.3 Å². The number of carbonyl (C=O) groups excluding carboxylic acids is 1. The molecule has 3 rings (SSSR count). The van der Waals surface area contributed by atoms with Crippen molar-refractivity contribution in [2.24, 2.45) is 11.3 Å². The summed E-state index contributed by atoms with van der Waals surface area (Å²) in [4.78, 5) is 13.4. The molecule has 0 bridgehead atoms. The molecule has 2 saturated heterocycles. The monoisotopic (exact) mass is 567 g/mol. The van der Waals surface area contributed by atoms with E-state index in [1.165, 1.54) is 32.3 Å². The van der Waals surface area contributed by atoms with Gasteiger partial charge in [0.25, 0.3) is 0 Å². The van der Waals surface area contributed by atoms with Crippen LogP contribution >= 0.6 is 0 Å². The number of hydrogen-bond acceptors (Lipinski definition) is 4. The van der Waals surface area contributed by atoms with Gasteiger partial charge in [-0.1, -0.05) is 18.2 Å². The number of ether oxygens (including phenoxy) is 1. The highest BCUT2D eigenvalue weighted by Crippen LogP contribution is 2.48. The minimum Gasteiger partial charge on any atom is -0.381 e. The Morgan fingerprint density at radius 3 is 2.18 bits per heavy atom. The van der Waals surface area contributed by atoms with Crippen LogP contribution < -0.4 is 16.0 Å². The van der Waals surface area contributed by atoms with Gasteiger partial charge in [0, 0.05) is 25.8 Å². The van der Waals surface area contributed by atoms with Crippen LogP contribution in [0.5, 0.6) is 0 Å². The molecular weight excluding hydrogens is 524 g/mol. The fraction of sp³-hybridized carbons (Fsp3) is 0.750. The average Bonchev–Trinajstić information content (AvgIpc) is 3.36. The summed E-state index contributed by atoms with van der Waals surface area (Å²) in [5.74, 6) is -0.179. The van der Waals surface area contributed by atoms with Gasteiger partial charge in [0.05, 0.1) is 17.4 Å². The van der Waals surface area contributed by atoms with Crippen molar-refractivity contribution in [1.82, 2.24) is 16.0 Å². The second-order valence-electron chi connectivity index (χ2n) is 10.5. The van der Waals surface area contributed by atoms with Gasteiger partial charge in [-0.3, -0.25) is 4.79 Å². The predicted molar refractivity (Wildman–Crippen MR) is 140 cm³/mol. The van der Waals surface area contributed by atoms with Crippen molar-refractivity contribution in [2.45, 2.75) is 83.1 Å². The third-order valence-electron chi connectivity index (χ3n) is 7.67. The normalized spacial score (nSPS) is 25.9. The molecule has 0 aromatic rings. The Labute approximate surface area is 227 Å². The van der Waals surface area contributed by atoms with Gasteiger partial charge in [0.2, 0.25) is 5.91 Å². The Balaban J connectivity index is 0.000000780. The number of rotatable bonds is 8. The summed E-state index contributed by atoms with van der Waals surface area (Å²) in [6.07, 6.45) is 0.255. The van der Waals surface area contributed by atoms with Crippen LogP contribution in [0.15, 0.2) is 35.5 Å². The van der Waals surface area contributed by atoms with Gasteiger partial charge in [0.15, 0.2) is 0 Å². The number of halogens is 6. The van der Waals surface area contributed by atoms with Crippen molar-refractivity contribution >= 4 is 5.91 Å². The van der Waals surface area contributed by atoms with Crippen molar-refractivity contribution in [2.75, 3.05) is 39.9 Å². The Bertz CT molecular complexity index is 832. The molecule has 0 spiro atoms. The van der Waals surface area contributed by atoms with Crippen LogP contribution in [0, 0.1) is 11.3 Å². The molecule has 2 unspecified atom stereocenters. The molecule has 3 N–H and O–H groups in total. The Hall–Kier alpha value is -1.85. The van der Waals surface area contributed by atoms with Crippen molar-refractivity contribution in [3.05, 3.63) is 35.5 Å². The van der Waals surface area contributed by atoms with Crippen LogP contribution in [0.1, 0.15) is 64.7 Å². The third-order valence-corrected chi connectivity index (χ3v) is 7.67. The molecule has 2 aliphatic heterocycles. The Morgan fingerprint density at radius 1 is 1.05 bits per heavy atom. The third kappa shape index (κ3) is 11.3. The maximum atomic E-state index is 13.4. The van der Waals surface area contributed by atoms with E-state index in [1.807, 2.05) is 7.05 Å². The largest absolute Gasteiger partial charge is 0.416 e. The molecule has 1 aliphatic carbocycles. The molecule has 3 aliphatic rings. The van der Waals surface area contributed by atoms with Crippen LogP contribution in [-0.2, 0) is 9.53 Å². The fourth-order valence-corrected chi connectivity index (χ4v) is 5.54. The van der Waals surface area contributed by atoms with E-state index in [2.05, 4.69) is 16.0 Å². The van der Waals surface area contributed by atoms with Crippen LogP contribution in [0.3, 0.4) is 0 Å². The minimum atomic E-state index is -4.73. The van der Waals surface area contributed by atoms with Crippen LogP contribution in [0.25, 0.3) is 0 Å². The van der Waals surface area contributed by atoms with E-state index in [0.29, 0.717) is 25.0 Å². The Kier molecular flexibility index (Phi) is 13.5. The Morgan fingerprint density at radius 2 is 1.72 bits per heavy atom. The van der Waals surface area contributed by atoms with E-state index in [1.54, 1.807) is 0 Å². The molecule has 5 nitrogen and oxygen atoms in total. The van der Waals surface area contributed by atoms with E-state index in [9.17, 15) is 31.1 Å². The molecule has 0 aromatic heterocycles. The van der Waals surface area contributed by atoms with Crippen molar-refractivity contribution < 1.29 is 35.9 Å². The number of allylic oxidation sites excluding steroid dienone is 4. The maximum absolute atomic E-state index is 13.4. The van der Waals surface area contributed by atoms with E-state index in [0.717, 1.165) is 51.6 Å². The van der Waals surface area contributed by atoms with Gasteiger partial charge in [-0.05, 0) is 96.0 Å². The van der Waals surface area contributed by atoms with Crippen LogP contribution in [0.2, 0.25) is 0 Å². The molecule has 0 aromatic carbocycles. The zero-order valence-electron chi connectivity index (χ0n) is 22.9. The van der Waals surface area contributed by atoms with Crippen LogP contribution in [-0.4, -0.2) is 64.2 Å². The van der Waals surface area contributed by atoms with E-state index in [-0.39, 0.29) is 23.4 Å². The lowest BCUT2D eigenvalue weighted by Crippen LogP contribution is -2.48. The zero-order chi connectivity index (χ0) is 28.9. The van der Waals surface area contributed by atoms with E-state index < -0.39 is 36.3 Å². The number of amides is 1. The first-order valence-corrected chi connectivity index (χ1v) is 13.8.